The van der Waals surface area contributed by atoms with Gasteiger partial charge in [-0.1, -0.05) is 0 Å². The molecular formula is C21H13F2N5O. The molecule has 0 atom stereocenters. The maximum absolute atomic E-state index is 14.8. The summed E-state index contributed by atoms with van der Waals surface area (Å²) in [4.78, 5) is 27.9. The second-order valence-corrected chi connectivity index (χ2v) is 6.61. The first kappa shape index (κ1) is 17.2. The van der Waals surface area contributed by atoms with Crippen LogP contribution in [0.25, 0.3) is 33.2 Å². The Bertz CT molecular complexity index is 1420. The number of halogens is 2. The van der Waals surface area contributed by atoms with Gasteiger partial charge in [-0.15, -0.1) is 0 Å². The van der Waals surface area contributed by atoms with Crippen LogP contribution in [-0.4, -0.2) is 24.5 Å². The van der Waals surface area contributed by atoms with Gasteiger partial charge in [0.05, 0.1) is 11.9 Å². The van der Waals surface area contributed by atoms with Gasteiger partial charge in [-0.2, -0.15) is 0 Å². The zero-order chi connectivity index (χ0) is 20.0. The highest BCUT2D eigenvalue weighted by atomic mass is 19.1. The van der Waals surface area contributed by atoms with Crippen LogP contribution < -0.4 is 5.56 Å². The van der Waals surface area contributed by atoms with E-state index >= 15 is 0 Å². The third-order valence-electron chi connectivity index (χ3n) is 4.80. The highest BCUT2D eigenvalue weighted by Crippen LogP contribution is 2.26. The molecule has 29 heavy (non-hydrogen) atoms. The second kappa shape index (κ2) is 6.59. The van der Waals surface area contributed by atoms with E-state index < -0.39 is 17.2 Å². The van der Waals surface area contributed by atoms with E-state index in [1.807, 2.05) is 6.07 Å². The van der Waals surface area contributed by atoms with E-state index in [2.05, 4.69) is 19.9 Å². The number of rotatable bonds is 3. The molecule has 1 aromatic carbocycles. The van der Waals surface area contributed by atoms with Crippen LogP contribution in [0.1, 0.15) is 5.56 Å². The Kier molecular flexibility index (Phi) is 3.90. The number of aromatic nitrogens is 5. The molecule has 5 rings (SSSR count). The van der Waals surface area contributed by atoms with Crippen molar-refractivity contribution in [1.82, 2.24) is 24.5 Å². The average molecular weight is 389 g/mol. The van der Waals surface area contributed by atoms with E-state index in [1.54, 1.807) is 30.6 Å². The molecule has 0 spiro atoms. The zero-order valence-electron chi connectivity index (χ0n) is 14.9. The molecule has 0 aliphatic carbocycles. The molecule has 1 N–H and O–H groups in total. The highest BCUT2D eigenvalue weighted by molar-refractivity contribution is 5.81. The summed E-state index contributed by atoms with van der Waals surface area (Å²) in [7, 11) is 0. The predicted octanol–water partition coefficient (Wildman–Crippen LogP) is 3.66. The molecule has 0 saturated heterocycles. The van der Waals surface area contributed by atoms with Gasteiger partial charge in [0.15, 0.2) is 5.65 Å². The minimum absolute atomic E-state index is 0.212. The largest absolute Gasteiger partial charge is 0.346 e. The lowest BCUT2D eigenvalue weighted by Gasteiger charge is -2.11. The van der Waals surface area contributed by atoms with Gasteiger partial charge in [0.25, 0.3) is 5.56 Å². The lowest BCUT2D eigenvalue weighted by molar-refractivity contribution is 0.541. The molecule has 0 fully saturated rings. The second-order valence-electron chi connectivity index (χ2n) is 6.61. The van der Waals surface area contributed by atoms with Gasteiger partial charge >= 0.3 is 0 Å². The average Bonchev–Trinajstić information content (AvgIpc) is 3.20. The molecule has 8 heteroatoms. The van der Waals surface area contributed by atoms with E-state index in [1.165, 1.54) is 29.2 Å². The number of nitrogens with one attached hydrogen (secondary N) is 1. The Morgan fingerprint density at radius 1 is 1.00 bits per heavy atom. The molecule has 0 bridgehead atoms. The molecule has 0 radical (unpaired) electrons. The van der Waals surface area contributed by atoms with Crippen molar-refractivity contribution in [1.29, 1.82) is 0 Å². The highest BCUT2D eigenvalue weighted by Gasteiger charge is 2.15. The maximum atomic E-state index is 14.8. The summed E-state index contributed by atoms with van der Waals surface area (Å²) < 4.78 is 30.7. The van der Waals surface area contributed by atoms with Gasteiger partial charge in [0.2, 0.25) is 0 Å². The standard InChI is InChI=1S/C21H13F2N5O/c22-17-7-13(14-6-12-3-5-25-19(12)26-9-14)8-18(23)16(17)10-28-11-27-20-15(21(28)29)2-1-4-24-20/h1-9,11H,10H2,(H,25,26). The lowest BCUT2D eigenvalue weighted by atomic mass is 10.0. The number of pyridine rings is 2. The van der Waals surface area contributed by atoms with Crippen LogP contribution in [0.2, 0.25) is 0 Å². The summed E-state index contributed by atoms with van der Waals surface area (Å²) in [5.41, 5.74) is 1.33. The molecule has 6 nitrogen and oxygen atoms in total. The molecule has 4 heterocycles. The molecule has 5 aromatic rings. The van der Waals surface area contributed by atoms with Crippen molar-refractivity contribution in [2.45, 2.75) is 6.54 Å². The Hall–Kier alpha value is -3.94. The Labute approximate surface area is 162 Å². The van der Waals surface area contributed by atoms with Crippen LogP contribution in [0.3, 0.4) is 0 Å². The monoisotopic (exact) mass is 389 g/mol. The fourth-order valence-electron chi connectivity index (χ4n) is 3.30. The minimum atomic E-state index is -0.743. The van der Waals surface area contributed by atoms with Crippen LogP contribution in [0.15, 0.2) is 66.1 Å². The molecule has 0 saturated carbocycles. The van der Waals surface area contributed by atoms with Crippen molar-refractivity contribution >= 4 is 22.1 Å². The topological polar surface area (TPSA) is 76.5 Å². The first-order valence-electron chi connectivity index (χ1n) is 8.82. The smallest absolute Gasteiger partial charge is 0.263 e. The van der Waals surface area contributed by atoms with E-state index in [0.29, 0.717) is 22.2 Å². The molecule has 4 aromatic heterocycles. The Morgan fingerprint density at radius 2 is 1.83 bits per heavy atom. The summed E-state index contributed by atoms with van der Waals surface area (Å²) in [5, 5.41) is 1.13. The quantitative estimate of drug-likeness (QED) is 0.511. The van der Waals surface area contributed by atoms with Crippen molar-refractivity contribution in [3.8, 4) is 11.1 Å². The molecule has 0 amide bonds. The number of fused-ring (bicyclic) bond motifs is 2. The van der Waals surface area contributed by atoms with Crippen molar-refractivity contribution < 1.29 is 8.78 Å². The van der Waals surface area contributed by atoms with Crippen molar-refractivity contribution in [3.63, 3.8) is 0 Å². The van der Waals surface area contributed by atoms with Gasteiger partial charge in [-0.3, -0.25) is 9.36 Å². The van der Waals surface area contributed by atoms with Gasteiger partial charge in [-0.05, 0) is 42.0 Å². The van der Waals surface area contributed by atoms with Crippen LogP contribution in [0, 0.1) is 11.6 Å². The molecule has 0 unspecified atom stereocenters. The number of aromatic amines is 1. The molecular weight excluding hydrogens is 376 g/mol. The summed E-state index contributed by atoms with van der Waals surface area (Å²) >= 11 is 0. The van der Waals surface area contributed by atoms with Crippen LogP contribution in [-0.2, 0) is 6.54 Å². The normalized spacial score (nSPS) is 11.4. The van der Waals surface area contributed by atoms with Gasteiger partial charge < -0.3 is 4.98 Å². The van der Waals surface area contributed by atoms with E-state index in [9.17, 15) is 13.6 Å². The predicted molar refractivity (Wildman–Crippen MR) is 104 cm³/mol. The first-order valence-corrected chi connectivity index (χ1v) is 8.82. The molecule has 142 valence electrons. The van der Waals surface area contributed by atoms with Crippen LogP contribution >= 0.6 is 0 Å². The fraction of sp³-hybridized carbons (Fsp3) is 0.0476. The van der Waals surface area contributed by atoms with Crippen molar-refractivity contribution in [2.75, 3.05) is 0 Å². The van der Waals surface area contributed by atoms with Crippen LogP contribution in [0.5, 0.6) is 0 Å². The zero-order valence-corrected chi connectivity index (χ0v) is 14.9. The third-order valence-corrected chi connectivity index (χ3v) is 4.80. The molecule has 0 aliphatic rings. The van der Waals surface area contributed by atoms with Gasteiger partial charge in [0, 0.05) is 35.1 Å². The maximum Gasteiger partial charge on any atom is 0.263 e. The van der Waals surface area contributed by atoms with Crippen molar-refractivity contribution in [3.05, 3.63) is 88.9 Å². The minimum Gasteiger partial charge on any atom is -0.346 e. The molecule has 0 aliphatic heterocycles. The Balaban J connectivity index is 1.55. The van der Waals surface area contributed by atoms with E-state index in [0.717, 1.165) is 5.39 Å². The summed E-state index contributed by atoms with van der Waals surface area (Å²) in [6.07, 6.45) is 6.07. The Morgan fingerprint density at radius 3 is 2.66 bits per heavy atom. The van der Waals surface area contributed by atoms with Crippen molar-refractivity contribution in [2.24, 2.45) is 0 Å². The van der Waals surface area contributed by atoms with E-state index in [4.69, 9.17) is 0 Å². The van der Waals surface area contributed by atoms with E-state index in [-0.39, 0.29) is 17.8 Å². The first-order chi connectivity index (χ1) is 14.1. The number of nitrogens with zero attached hydrogens (tertiary/aromatic N) is 4. The third kappa shape index (κ3) is 2.94. The summed E-state index contributed by atoms with van der Waals surface area (Å²) in [6.45, 7) is -0.274. The fourth-order valence-corrected chi connectivity index (χ4v) is 3.30. The number of hydrogen-bond acceptors (Lipinski definition) is 4. The van der Waals surface area contributed by atoms with Gasteiger partial charge in [0.1, 0.15) is 23.6 Å². The SMILES string of the molecule is O=c1c2cccnc2ncn1Cc1c(F)cc(-c2cnc3[nH]ccc3c2)cc1F. The van der Waals surface area contributed by atoms with Crippen LogP contribution in [0.4, 0.5) is 8.78 Å². The summed E-state index contributed by atoms with van der Waals surface area (Å²) in [5.74, 6) is -1.49. The van der Waals surface area contributed by atoms with Gasteiger partial charge in [-0.25, -0.2) is 23.7 Å². The number of H-pyrrole nitrogens is 1. The number of hydrogen-bond donors (Lipinski definition) is 1. The summed E-state index contributed by atoms with van der Waals surface area (Å²) in [6, 6.07) is 9.32. The lowest BCUT2D eigenvalue weighted by Crippen LogP contribution is -2.22. The number of benzene rings is 1.